The average Bonchev–Trinajstić information content (AvgIpc) is 2.86. The molecule has 0 amide bonds. The molecule has 1 aliphatic rings. The first-order valence-corrected chi connectivity index (χ1v) is 7.79. The van der Waals surface area contributed by atoms with Crippen LogP contribution in [0.5, 0.6) is 0 Å². The number of aliphatic hydroxyl groups excluding tert-OH is 1. The molecule has 1 aromatic carbocycles. The van der Waals surface area contributed by atoms with E-state index in [0.29, 0.717) is 33.0 Å². The van der Waals surface area contributed by atoms with Crippen LogP contribution < -0.4 is 10.6 Å². The molecule has 6 heteroatoms. The Labute approximate surface area is 131 Å². The quantitative estimate of drug-likeness (QED) is 0.496. The Bertz CT molecular complexity index is 456. The molecule has 0 fully saturated rings. The Morgan fingerprint density at radius 1 is 1.18 bits per heavy atom. The first-order valence-electron chi connectivity index (χ1n) is 7.79. The molecule has 1 heterocycles. The highest BCUT2D eigenvalue weighted by atomic mass is 16.6. The second-order valence-corrected chi connectivity index (χ2v) is 5.15. The zero-order chi connectivity index (χ0) is 15.8. The predicted octanol–water partition coefficient (Wildman–Crippen LogP) is 1.02. The number of likely N-dealkylation sites (N-methyl/N-ethyl adjacent to an activating group) is 1. The van der Waals surface area contributed by atoms with Crippen molar-refractivity contribution in [3.63, 3.8) is 0 Å². The summed E-state index contributed by atoms with van der Waals surface area (Å²) in [5.41, 5.74) is 9.09. The van der Waals surface area contributed by atoms with Crippen molar-refractivity contribution < 1.29 is 19.3 Å². The Balaban J connectivity index is 1.68. The summed E-state index contributed by atoms with van der Waals surface area (Å²) in [5, 5.41) is 8.57. The summed E-state index contributed by atoms with van der Waals surface area (Å²) in [6.45, 7) is 5.52. The molecule has 22 heavy (non-hydrogen) atoms. The molecule has 0 aliphatic carbocycles. The smallest absolute Gasteiger partial charge is 0.134 e. The second kappa shape index (κ2) is 8.95. The van der Waals surface area contributed by atoms with Gasteiger partial charge in [-0.1, -0.05) is 0 Å². The molecular formula is C16H26N2O4. The topological polar surface area (TPSA) is 77.2 Å². The van der Waals surface area contributed by atoms with Gasteiger partial charge in [-0.15, -0.1) is 0 Å². The Hall–Kier alpha value is -1.34. The van der Waals surface area contributed by atoms with E-state index in [-0.39, 0.29) is 12.8 Å². The van der Waals surface area contributed by atoms with E-state index in [1.807, 2.05) is 12.1 Å². The summed E-state index contributed by atoms with van der Waals surface area (Å²) in [5.74, 6) is 0. The molecule has 0 spiro atoms. The standard InChI is InChI=1S/C16H26N2O4/c1-2-18-15-4-3-14(17)11-13(15)12-16(18)22-10-9-21-8-7-20-6-5-19/h3-4,11,16,19H,2,5-10,12,17H2,1H3. The van der Waals surface area contributed by atoms with Gasteiger partial charge in [0, 0.05) is 24.3 Å². The van der Waals surface area contributed by atoms with E-state index in [1.54, 1.807) is 0 Å². The van der Waals surface area contributed by atoms with Crippen molar-refractivity contribution in [1.29, 1.82) is 0 Å². The minimum atomic E-state index is 0.0444. The number of hydrogen-bond donors (Lipinski definition) is 2. The normalized spacial score (nSPS) is 17.0. The third kappa shape index (κ3) is 4.58. The maximum absolute atomic E-state index is 8.57. The van der Waals surface area contributed by atoms with E-state index < -0.39 is 0 Å². The van der Waals surface area contributed by atoms with Gasteiger partial charge in [0.05, 0.1) is 39.6 Å². The lowest BCUT2D eigenvalue weighted by atomic mass is 10.1. The van der Waals surface area contributed by atoms with Gasteiger partial charge in [-0.25, -0.2) is 0 Å². The minimum absolute atomic E-state index is 0.0444. The molecule has 1 aromatic rings. The lowest BCUT2D eigenvalue weighted by molar-refractivity contribution is -0.0125. The number of aliphatic hydroxyl groups is 1. The summed E-state index contributed by atoms with van der Waals surface area (Å²) in [6, 6.07) is 6.02. The van der Waals surface area contributed by atoms with E-state index in [0.717, 1.165) is 18.7 Å². The van der Waals surface area contributed by atoms with Crippen molar-refractivity contribution in [1.82, 2.24) is 0 Å². The van der Waals surface area contributed by atoms with Gasteiger partial charge in [-0.3, -0.25) is 0 Å². The fourth-order valence-electron chi connectivity index (χ4n) is 2.66. The summed E-state index contributed by atoms with van der Waals surface area (Å²) >= 11 is 0. The summed E-state index contributed by atoms with van der Waals surface area (Å²) in [4.78, 5) is 2.25. The number of nitrogens with two attached hydrogens (primary N) is 1. The van der Waals surface area contributed by atoms with Gasteiger partial charge >= 0.3 is 0 Å². The van der Waals surface area contributed by atoms with Gasteiger partial charge in [0.25, 0.3) is 0 Å². The number of benzene rings is 1. The molecule has 0 saturated heterocycles. The molecule has 0 radical (unpaired) electrons. The molecule has 1 aliphatic heterocycles. The zero-order valence-corrected chi connectivity index (χ0v) is 13.2. The number of nitrogens with zero attached hydrogens (tertiary/aromatic N) is 1. The Morgan fingerprint density at radius 2 is 1.91 bits per heavy atom. The Kier molecular flexibility index (Phi) is 6.92. The fraction of sp³-hybridized carbons (Fsp3) is 0.625. The van der Waals surface area contributed by atoms with Crippen molar-refractivity contribution >= 4 is 11.4 Å². The van der Waals surface area contributed by atoms with Gasteiger partial charge in [-0.05, 0) is 30.7 Å². The van der Waals surface area contributed by atoms with Gasteiger partial charge in [0.2, 0.25) is 0 Å². The highest BCUT2D eigenvalue weighted by Gasteiger charge is 2.28. The molecule has 0 aromatic heterocycles. The lowest BCUT2D eigenvalue weighted by Crippen LogP contribution is -2.35. The largest absolute Gasteiger partial charge is 0.399 e. The number of hydrogen-bond acceptors (Lipinski definition) is 6. The third-order valence-electron chi connectivity index (χ3n) is 3.64. The van der Waals surface area contributed by atoms with Crippen LogP contribution in [0.1, 0.15) is 12.5 Å². The van der Waals surface area contributed by atoms with Crippen LogP contribution in [0, 0.1) is 0 Å². The van der Waals surface area contributed by atoms with Crippen LogP contribution in [0.15, 0.2) is 18.2 Å². The van der Waals surface area contributed by atoms with Crippen LogP contribution in [0.3, 0.4) is 0 Å². The van der Waals surface area contributed by atoms with Crippen molar-refractivity contribution in [3.05, 3.63) is 23.8 Å². The van der Waals surface area contributed by atoms with Crippen LogP contribution >= 0.6 is 0 Å². The number of ether oxygens (including phenoxy) is 3. The van der Waals surface area contributed by atoms with E-state index in [2.05, 4.69) is 17.9 Å². The predicted molar refractivity (Wildman–Crippen MR) is 86.0 cm³/mol. The Morgan fingerprint density at radius 3 is 2.64 bits per heavy atom. The SMILES string of the molecule is CCN1c2ccc(N)cc2CC1OCCOCCOCCO. The minimum Gasteiger partial charge on any atom is -0.399 e. The third-order valence-corrected chi connectivity index (χ3v) is 3.64. The van der Waals surface area contributed by atoms with E-state index in [1.165, 1.54) is 11.3 Å². The maximum atomic E-state index is 8.57. The molecular weight excluding hydrogens is 284 g/mol. The van der Waals surface area contributed by atoms with Crippen LogP contribution in [-0.2, 0) is 20.6 Å². The summed E-state index contributed by atoms with van der Waals surface area (Å²) < 4.78 is 16.5. The molecule has 1 atom stereocenters. The van der Waals surface area contributed by atoms with Crippen molar-refractivity contribution in [2.45, 2.75) is 19.6 Å². The molecule has 124 valence electrons. The first-order chi connectivity index (χ1) is 10.8. The highest BCUT2D eigenvalue weighted by molar-refractivity contribution is 5.63. The summed E-state index contributed by atoms with van der Waals surface area (Å²) in [6.07, 6.45) is 0.907. The van der Waals surface area contributed by atoms with Crippen molar-refractivity contribution in [2.24, 2.45) is 0 Å². The molecule has 2 rings (SSSR count). The van der Waals surface area contributed by atoms with Crippen molar-refractivity contribution in [3.8, 4) is 0 Å². The molecule has 0 saturated carbocycles. The number of anilines is 2. The maximum Gasteiger partial charge on any atom is 0.134 e. The first kappa shape index (κ1) is 17.0. The van der Waals surface area contributed by atoms with Crippen molar-refractivity contribution in [2.75, 3.05) is 56.8 Å². The monoisotopic (exact) mass is 310 g/mol. The van der Waals surface area contributed by atoms with Crippen LogP contribution in [-0.4, -0.2) is 57.5 Å². The highest BCUT2D eigenvalue weighted by Crippen LogP contribution is 2.33. The second-order valence-electron chi connectivity index (χ2n) is 5.15. The molecule has 0 bridgehead atoms. The van der Waals surface area contributed by atoms with Crippen LogP contribution in [0.25, 0.3) is 0 Å². The van der Waals surface area contributed by atoms with Gasteiger partial charge in [0.15, 0.2) is 0 Å². The molecule has 1 unspecified atom stereocenters. The number of rotatable bonds is 10. The van der Waals surface area contributed by atoms with E-state index >= 15 is 0 Å². The fourth-order valence-corrected chi connectivity index (χ4v) is 2.66. The van der Waals surface area contributed by atoms with Gasteiger partial charge in [0.1, 0.15) is 6.23 Å². The molecule has 3 N–H and O–H groups in total. The zero-order valence-electron chi connectivity index (χ0n) is 13.2. The van der Waals surface area contributed by atoms with Gasteiger partial charge in [-0.2, -0.15) is 0 Å². The summed E-state index contributed by atoms with van der Waals surface area (Å²) in [7, 11) is 0. The number of nitrogen functional groups attached to an aromatic ring is 1. The van der Waals surface area contributed by atoms with Gasteiger partial charge < -0.3 is 30.0 Å². The van der Waals surface area contributed by atoms with Crippen LogP contribution in [0.4, 0.5) is 11.4 Å². The average molecular weight is 310 g/mol. The van der Waals surface area contributed by atoms with E-state index in [9.17, 15) is 0 Å². The van der Waals surface area contributed by atoms with Crippen LogP contribution in [0.2, 0.25) is 0 Å². The number of fused-ring (bicyclic) bond motifs is 1. The van der Waals surface area contributed by atoms with E-state index in [4.69, 9.17) is 25.1 Å². The molecule has 6 nitrogen and oxygen atoms in total. The lowest BCUT2D eigenvalue weighted by Gasteiger charge is -2.26.